The summed E-state index contributed by atoms with van der Waals surface area (Å²) in [5.41, 5.74) is 0.762. The molecule has 0 aliphatic rings. The number of hydrogen-bond acceptors (Lipinski definition) is 4. The zero-order valence-electron chi connectivity index (χ0n) is 11.2. The Morgan fingerprint density at radius 3 is 2.20 bits per heavy atom. The Bertz CT molecular complexity index is 608. The van der Waals surface area contributed by atoms with Crippen molar-refractivity contribution in [1.82, 2.24) is 0 Å². The topological polar surface area (TPSA) is 67.8 Å². The van der Waals surface area contributed by atoms with Gasteiger partial charge in [0.2, 0.25) is 0 Å². The molecule has 0 radical (unpaired) electrons. The van der Waals surface area contributed by atoms with E-state index in [-0.39, 0.29) is 11.3 Å². The van der Waals surface area contributed by atoms with E-state index in [1.807, 2.05) is 0 Å². The third kappa shape index (κ3) is 3.00. The molecule has 104 valence electrons. The number of carbonyl (C=O) groups excluding carboxylic acids is 1. The van der Waals surface area contributed by atoms with Crippen LogP contribution < -0.4 is 14.8 Å². The van der Waals surface area contributed by atoms with E-state index in [1.165, 1.54) is 19.2 Å². The molecule has 5 heteroatoms. The number of rotatable bonds is 4. The Morgan fingerprint density at radius 1 is 1.00 bits per heavy atom. The van der Waals surface area contributed by atoms with Crippen LogP contribution in [0.25, 0.3) is 0 Å². The molecule has 5 nitrogen and oxygen atoms in total. The Kier molecular flexibility index (Phi) is 4.10. The van der Waals surface area contributed by atoms with Crippen LogP contribution in [0.2, 0.25) is 0 Å². The number of hydrogen-bond donors (Lipinski definition) is 2. The summed E-state index contributed by atoms with van der Waals surface area (Å²) in [6.45, 7) is 0. The second kappa shape index (κ2) is 5.97. The van der Waals surface area contributed by atoms with E-state index in [4.69, 9.17) is 9.47 Å². The molecule has 2 rings (SSSR count). The molecule has 20 heavy (non-hydrogen) atoms. The summed E-state index contributed by atoms with van der Waals surface area (Å²) in [6, 6.07) is 11.4. The lowest BCUT2D eigenvalue weighted by Crippen LogP contribution is -2.12. The molecule has 2 N–H and O–H groups in total. The van der Waals surface area contributed by atoms with Crippen molar-refractivity contribution in [3.63, 3.8) is 0 Å². The van der Waals surface area contributed by atoms with Gasteiger partial charge in [-0.2, -0.15) is 0 Å². The highest BCUT2D eigenvalue weighted by atomic mass is 16.5. The Hall–Kier alpha value is -2.69. The molecule has 0 aliphatic carbocycles. The summed E-state index contributed by atoms with van der Waals surface area (Å²) < 4.78 is 10.1. The lowest BCUT2D eigenvalue weighted by Gasteiger charge is -2.09. The van der Waals surface area contributed by atoms with Crippen LogP contribution in [0.3, 0.4) is 0 Å². The number of carbonyl (C=O) groups is 1. The predicted octanol–water partition coefficient (Wildman–Crippen LogP) is 2.66. The number of phenols is 1. The molecule has 0 bridgehead atoms. The average molecular weight is 273 g/mol. The number of benzene rings is 2. The van der Waals surface area contributed by atoms with Crippen LogP contribution >= 0.6 is 0 Å². The van der Waals surface area contributed by atoms with Gasteiger partial charge in [-0.15, -0.1) is 0 Å². The first-order valence-corrected chi connectivity index (χ1v) is 5.96. The standard InChI is InChI=1S/C15H15NO4/c1-19-11-5-3-10(4-6-11)16-15(18)13-9-12(20-2)7-8-14(13)17/h3-9,17H,1-2H3,(H,16,18). The molecule has 0 aromatic heterocycles. The van der Waals surface area contributed by atoms with Crippen molar-refractivity contribution >= 4 is 11.6 Å². The van der Waals surface area contributed by atoms with Gasteiger partial charge in [-0.05, 0) is 42.5 Å². The van der Waals surface area contributed by atoms with Gasteiger partial charge in [0.25, 0.3) is 5.91 Å². The summed E-state index contributed by atoms with van der Waals surface area (Å²) in [5.74, 6) is 0.693. The third-order valence-electron chi connectivity index (χ3n) is 2.80. The van der Waals surface area contributed by atoms with Crippen LogP contribution in [0, 0.1) is 0 Å². The molecular formula is C15H15NO4. The fourth-order valence-electron chi connectivity index (χ4n) is 1.70. The van der Waals surface area contributed by atoms with Gasteiger partial charge in [0.1, 0.15) is 17.2 Å². The minimum absolute atomic E-state index is 0.100. The van der Waals surface area contributed by atoms with Crippen LogP contribution in [0.5, 0.6) is 17.2 Å². The van der Waals surface area contributed by atoms with E-state index < -0.39 is 5.91 Å². The van der Waals surface area contributed by atoms with Crippen LogP contribution in [0.4, 0.5) is 5.69 Å². The predicted molar refractivity (Wildman–Crippen MR) is 75.6 cm³/mol. The van der Waals surface area contributed by atoms with Crippen LogP contribution in [-0.4, -0.2) is 25.2 Å². The van der Waals surface area contributed by atoms with Gasteiger partial charge in [-0.25, -0.2) is 0 Å². The second-order valence-corrected chi connectivity index (χ2v) is 4.07. The summed E-state index contributed by atoms with van der Waals surface area (Å²) in [6.07, 6.45) is 0. The zero-order valence-corrected chi connectivity index (χ0v) is 11.2. The van der Waals surface area contributed by atoms with E-state index >= 15 is 0 Å². The zero-order chi connectivity index (χ0) is 14.5. The second-order valence-electron chi connectivity index (χ2n) is 4.07. The van der Waals surface area contributed by atoms with Crippen molar-refractivity contribution < 1.29 is 19.4 Å². The van der Waals surface area contributed by atoms with Gasteiger partial charge in [0, 0.05) is 5.69 Å². The molecule has 0 unspecified atom stereocenters. The number of amides is 1. The van der Waals surface area contributed by atoms with Crippen molar-refractivity contribution in [2.75, 3.05) is 19.5 Å². The van der Waals surface area contributed by atoms with Crippen molar-refractivity contribution in [2.24, 2.45) is 0 Å². The molecule has 0 fully saturated rings. The number of ether oxygens (including phenoxy) is 2. The van der Waals surface area contributed by atoms with E-state index in [0.717, 1.165) is 0 Å². The molecule has 2 aromatic rings. The lowest BCUT2D eigenvalue weighted by atomic mass is 10.1. The minimum Gasteiger partial charge on any atom is -0.507 e. The number of aromatic hydroxyl groups is 1. The maximum absolute atomic E-state index is 12.1. The Labute approximate surface area is 116 Å². The first-order chi connectivity index (χ1) is 9.63. The van der Waals surface area contributed by atoms with Crippen molar-refractivity contribution in [2.45, 2.75) is 0 Å². The molecule has 0 aliphatic heterocycles. The molecule has 1 amide bonds. The Morgan fingerprint density at radius 2 is 1.60 bits per heavy atom. The van der Waals surface area contributed by atoms with E-state index in [1.54, 1.807) is 37.4 Å². The van der Waals surface area contributed by atoms with Crippen LogP contribution in [0.1, 0.15) is 10.4 Å². The Balaban J connectivity index is 2.18. The van der Waals surface area contributed by atoms with E-state index in [2.05, 4.69) is 5.32 Å². The third-order valence-corrected chi connectivity index (χ3v) is 2.80. The maximum Gasteiger partial charge on any atom is 0.259 e. The molecule has 0 heterocycles. The highest BCUT2D eigenvalue weighted by Gasteiger charge is 2.12. The van der Waals surface area contributed by atoms with Crippen molar-refractivity contribution in [3.8, 4) is 17.2 Å². The first kappa shape index (κ1) is 13.7. The SMILES string of the molecule is COc1ccc(NC(=O)c2cc(OC)ccc2O)cc1. The summed E-state index contributed by atoms with van der Waals surface area (Å²) in [5, 5.41) is 12.4. The largest absolute Gasteiger partial charge is 0.507 e. The van der Waals surface area contributed by atoms with Gasteiger partial charge in [0.05, 0.1) is 19.8 Å². The summed E-state index contributed by atoms with van der Waals surface area (Å²) in [4.78, 5) is 12.1. The fraction of sp³-hybridized carbons (Fsp3) is 0.133. The van der Waals surface area contributed by atoms with Crippen molar-refractivity contribution in [1.29, 1.82) is 0 Å². The average Bonchev–Trinajstić information content (AvgIpc) is 2.48. The van der Waals surface area contributed by atoms with Crippen molar-refractivity contribution in [3.05, 3.63) is 48.0 Å². The number of nitrogens with one attached hydrogen (secondary N) is 1. The molecule has 2 aromatic carbocycles. The van der Waals surface area contributed by atoms with Crippen LogP contribution in [0.15, 0.2) is 42.5 Å². The normalized spacial score (nSPS) is 9.90. The smallest absolute Gasteiger partial charge is 0.259 e. The van der Waals surface area contributed by atoms with Gasteiger partial charge < -0.3 is 19.9 Å². The number of phenolic OH excluding ortho intramolecular Hbond substituents is 1. The molecular weight excluding hydrogens is 258 g/mol. The maximum atomic E-state index is 12.1. The van der Waals surface area contributed by atoms with Gasteiger partial charge in [0.15, 0.2) is 0 Å². The molecule has 0 saturated heterocycles. The summed E-state index contributed by atoms with van der Waals surface area (Å²) in [7, 11) is 3.07. The molecule has 0 spiro atoms. The van der Waals surface area contributed by atoms with E-state index in [0.29, 0.717) is 17.2 Å². The molecule has 0 atom stereocenters. The minimum atomic E-state index is -0.411. The number of anilines is 1. The number of methoxy groups -OCH3 is 2. The van der Waals surface area contributed by atoms with Gasteiger partial charge in [-0.1, -0.05) is 0 Å². The fourth-order valence-corrected chi connectivity index (χ4v) is 1.70. The highest BCUT2D eigenvalue weighted by Crippen LogP contribution is 2.24. The van der Waals surface area contributed by atoms with Gasteiger partial charge >= 0.3 is 0 Å². The highest BCUT2D eigenvalue weighted by molar-refractivity contribution is 6.06. The van der Waals surface area contributed by atoms with Crippen LogP contribution in [-0.2, 0) is 0 Å². The summed E-state index contributed by atoms with van der Waals surface area (Å²) >= 11 is 0. The van der Waals surface area contributed by atoms with E-state index in [9.17, 15) is 9.90 Å². The lowest BCUT2D eigenvalue weighted by molar-refractivity contribution is 0.102. The van der Waals surface area contributed by atoms with Gasteiger partial charge in [-0.3, -0.25) is 4.79 Å². The monoisotopic (exact) mass is 273 g/mol. The first-order valence-electron chi connectivity index (χ1n) is 5.96. The quantitative estimate of drug-likeness (QED) is 0.898. The molecule has 0 saturated carbocycles.